The van der Waals surface area contributed by atoms with Gasteiger partial charge in [0.05, 0.1) is 16.0 Å². The molecule has 1 N–H and O–H groups in total. The van der Waals surface area contributed by atoms with Crippen molar-refractivity contribution in [1.29, 1.82) is 0 Å². The van der Waals surface area contributed by atoms with Crippen LogP contribution in [0.15, 0.2) is 64.7 Å². The van der Waals surface area contributed by atoms with Crippen molar-refractivity contribution in [1.82, 2.24) is 0 Å². The molecule has 0 bridgehead atoms. The first kappa shape index (κ1) is 25.1. The monoisotopic (exact) mass is 476 g/mol. The normalized spacial score (nSPS) is 13.2. The highest BCUT2D eigenvalue weighted by molar-refractivity contribution is 7.95. The third-order valence-corrected chi connectivity index (χ3v) is 5.90. The summed E-state index contributed by atoms with van der Waals surface area (Å²) in [4.78, 5) is 9.97. The number of ether oxygens (including phenoxy) is 1. The first-order valence-corrected chi connectivity index (χ1v) is 10.5. The third-order valence-electron chi connectivity index (χ3n) is 4.19. The number of hydrogen-bond acceptors (Lipinski definition) is 6. The Bertz CT molecular complexity index is 1110. The molecule has 2 aromatic carbocycles. The van der Waals surface area contributed by atoms with Crippen LogP contribution in [-0.2, 0) is 15.3 Å². The largest absolute Gasteiger partial charge is 0.461 e. The molecule has 0 fully saturated rings. The molecule has 12 heteroatoms. The highest BCUT2D eigenvalue weighted by atomic mass is 32.2. The fraction of sp³-hybridized carbons (Fsp3) is 0.300. The maximum absolute atomic E-state index is 13.1. The summed E-state index contributed by atoms with van der Waals surface area (Å²) in [5, 5.41) is 12.5. The molecule has 0 heterocycles. The van der Waals surface area contributed by atoms with E-state index in [2.05, 4.69) is 10.1 Å². The second kappa shape index (κ2) is 9.15. The van der Waals surface area contributed by atoms with Crippen molar-refractivity contribution in [2.45, 2.75) is 43.6 Å². The van der Waals surface area contributed by atoms with Crippen LogP contribution in [0.25, 0.3) is 0 Å². The van der Waals surface area contributed by atoms with Gasteiger partial charge in [0.25, 0.3) is 9.84 Å². The standard InChI is InChI=1S/C20H20F4N2O5S/c1-19(2,3)13-7-9-16(10-8-13)32(29,30)17(26(27)28)12-25-14-5-4-6-15(11-14)31-20(23,24)18(21)22/h4-12,18,25H,1-3H3/b17-12-. The van der Waals surface area contributed by atoms with Crippen LogP contribution in [0.5, 0.6) is 5.75 Å². The molecule has 32 heavy (non-hydrogen) atoms. The van der Waals surface area contributed by atoms with Crippen LogP contribution in [0.3, 0.4) is 0 Å². The Kier molecular flexibility index (Phi) is 7.18. The fourth-order valence-corrected chi connectivity index (χ4v) is 3.63. The van der Waals surface area contributed by atoms with E-state index >= 15 is 0 Å². The summed E-state index contributed by atoms with van der Waals surface area (Å²) in [5.41, 5.74) is 0.448. The van der Waals surface area contributed by atoms with Gasteiger partial charge in [0, 0.05) is 11.8 Å². The van der Waals surface area contributed by atoms with Gasteiger partial charge in [-0.3, -0.25) is 10.1 Å². The molecule has 0 radical (unpaired) electrons. The predicted octanol–water partition coefficient (Wildman–Crippen LogP) is 5.18. The summed E-state index contributed by atoms with van der Waals surface area (Å²) < 4.78 is 80.1. The Morgan fingerprint density at radius 2 is 1.72 bits per heavy atom. The molecule has 2 aromatic rings. The fourth-order valence-electron chi connectivity index (χ4n) is 2.48. The first-order valence-electron chi connectivity index (χ1n) is 9.06. The van der Waals surface area contributed by atoms with E-state index in [1.807, 2.05) is 20.8 Å². The Balaban J connectivity index is 2.32. The highest BCUT2D eigenvalue weighted by Crippen LogP contribution is 2.29. The minimum Gasteiger partial charge on any atom is -0.428 e. The van der Waals surface area contributed by atoms with Gasteiger partial charge < -0.3 is 10.1 Å². The van der Waals surface area contributed by atoms with Gasteiger partial charge in [-0.15, -0.1) is 0 Å². The van der Waals surface area contributed by atoms with Crippen LogP contribution in [0.4, 0.5) is 23.2 Å². The average molecular weight is 476 g/mol. The zero-order valence-corrected chi connectivity index (χ0v) is 18.0. The second-order valence-corrected chi connectivity index (χ2v) is 9.55. The van der Waals surface area contributed by atoms with Gasteiger partial charge in [-0.05, 0) is 35.2 Å². The van der Waals surface area contributed by atoms with Gasteiger partial charge in [0.1, 0.15) is 5.75 Å². The predicted molar refractivity (Wildman–Crippen MR) is 109 cm³/mol. The SMILES string of the molecule is CC(C)(C)c1ccc(S(=O)(=O)/C(=C\Nc2cccc(OC(F)(F)C(F)F)c2)[N+](=O)[O-])cc1. The first-order chi connectivity index (χ1) is 14.6. The van der Waals surface area contributed by atoms with E-state index < -0.39 is 38.1 Å². The van der Waals surface area contributed by atoms with E-state index in [-0.39, 0.29) is 16.0 Å². The minimum atomic E-state index is -4.75. The minimum absolute atomic E-state index is 0.106. The lowest BCUT2D eigenvalue weighted by molar-refractivity contribution is -0.411. The average Bonchev–Trinajstić information content (AvgIpc) is 2.67. The van der Waals surface area contributed by atoms with Crippen molar-refractivity contribution < 1.29 is 35.6 Å². The number of nitrogens with zero attached hydrogens (tertiary/aromatic N) is 1. The highest BCUT2D eigenvalue weighted by Gasteiger charge is 2.44. The van der Waals surface area contributed by atoms with Gasteiger partial charge in [-0.1, -0.05) is 39.0 Å². The summed E-state index contributed by atoms with van der Waals surface area (Å²) in [5.74, 6) is -0.656. The molecule has 0 aliphatic rings. The third kappa shape index (κ3) is 5.96. The van der Waals surface area contributed by atoms with Crippen LogP contribution >= 0.6 is 0 Å². The molecule has 0 amide bonds. The number of anilines is 1. The quantitative estimate of drug-likeness (QED) is 0.320. The lowest BCUT2D eigenvalue weighted by Crippen LogP contribution is -2.33. The summed E-state index contributed by atoms with van der Waals surface area (Å²) in [6, 6.07) is 9.79. The van der Waals surface area contributed by atoms with Crippen LogP contribution in [0, 0.1) is 10.1 Å². The Labute approximate surface area is 181 Å². The molecule has 0 aliphatic carbocycles. The molecule has 0 spiro atoms. The number of benzene rings is 2. The van der Waals surface area contributed by atoms with E-state index in [1.165, 1.54) is 18.2 Å². The number of alkyl halides is 4. The number of nitrogens with one attached hydrogen (secondary N) is 1. The lowest BCUT2D eigenvalue weighted by atomic mass is 9.87. The van der Waals surface area contributed by atoms with E-state index in [0.29, 0.717) is 6.20 Å². The zero-order valence-electron chi connectivity index (χ0n) is 17.2. The summed E-state index contributed by atoms with van der Waals surface area (Å²) in [6.07, 6.45) is -8.25. The molecule has 0 saturated heterocycles. The Hall–Kier alpha value is -3.15. The molecule has 174 valence electrons. The topological polar surface area (TPSA) is 98.5 Å². The molecule has 0 aromatic heterocycles. The van der Waals surface area contributed by atoms with Crippen molar-refractivity contribution in [3.05, 3.63) is 75.4 Å². The van der Waals surface area contributed by atoms with Crippen molar-refractivity contribution >= 4 is 15.5 Å². The molecule has 0 saturated carbocycles. The number of sulfone groups is 1. The van der Waals surface area contributed by atoms with Crippen molar-refractivity contribution in [2.24, 2.45) is 0 Å². The van der Waals surface area contributed by atoms with Gasteiger partial charge in [0.2, 0.25) is 0 Å². The van der Waals surface area contributed by atoms with Crippen molar-refractivity contribution in [3.63, 3.8) is 0 Å². The van der Waals surface area contributed by atoms with E-state index in [0.717, 1.165) is 23.8 Å². The van der Waals surface area contributed by atoms with Gasteiger partial charge in [-0.25, -0.2) is 8.42 Å². The molecule has 2 rings (SSSR count). The van der Waals surface area contributed by atoms with Crippen LogP contribution in [-0.4, -0.2) is 25.9 Å². The Morgan fingerprint density at radius 1 is 1.12 bits per heavy atom. The van der Waals surface area contributed by atoms with Crippen LogP contribution in [0.1, 0.15) is 26.3 Å². The van der Waals surface area contributed by atoms with Crippen LogP contribution < -0.4 is 10.1 Å². The molecule has 0 unspecified atom stereocenters. The molecular formula is C20H20F4N2O5S. The number of rotatable bonds is 8. The van der Waals surface area contributed by atoms with Crippen molar-refractivity contribution in [2.75, 3.05) is 5.32 Å². The van der Waals surface area contributed by atoms with E-state index in [1.54, 1.807) is 12.1 Å². The summed E-state index contributed by atoms with van der Waals surface area (Å²) in [6.45, 7) is 5.74. The molecule has 0 atom stereocenters. The van der Waals surface area contributed by atoms with E-state index in [4.69, 9.17) is 0 Å². The number of halogens is 4. The number of hydrogen-bond donors (Lipinski definition) is 1. The summed E-state index contributed by atoms with van der Waals surface area (Å²) >= 11 is 0. The van der Waals surface area contributed by atoms with E-state index in [9.17, 15) is 36.1 Å². The summed E-state index contributed by atoms with van der Waals surface area (Å²) in [7, 11) is -4.53. The Morgan fingerprint density at radius 3 is 2.22 bits per heavy atom. The zero-order chi connectivity index (χ0) is 24.3. The maximum atomic E-state index is 13.1. The molecule has 0 aliphatic heterocycles. The van der Waals surface area contributed by atoms with Gasteiger partial charge in [0.15, 0.2) is 0 Å². The van der Waals surface area contributed by atoms with Gasteiger partial charge in [-0.2, -0.15) is 17.6 Å². The second-order valence-electron chi connectivity index (χ2n) is 7.65. The van der Waals surface area contributed by atoms with Crippen molar-refractivity contribution in [3.8, 4) is 5.75 Å². The number of nitro groups is 1. The van der Waals surface area contributed by atoms with Gasteiger partial charge >= 0.3 is 17.6 Å². The smallest absolute Gasteiger partial charge is 0.428 e. The maximum Gasteiger partial charge on any atom is 0.461 e. The molecular weight excluding hydrogens is 456 g/mol. The lowest BCUT2D eigenvalue weighted by Gasteiger charge is -2.19. The van der Waals surface area contributed by atoms with Crippen LogP contribution in [0.2, 0.25) is 0 Å². The molecule has 7 nitrogen and oxygen atoms in total.